The van der Waals surface area contributed by atoms with E-state index in [-0.39, 0.29) is 6.10 Å². The van der Waals surface area contributed by atoms with Crippen molar-refractivity contribution in [1.82, 2.24) is 0 Å². The van der Waals surface area contributed by atoms with Crippen LogP contribution >= 0.6 is 0 Å². The van der Waals surface area contributed by atoms with Gasteiger partial charge in [0, 0.05) is 0 Å². The second-order valence-electron chi connectivity index (χ2n) is 9.42. The van der Waals surface area contributed by atoms with Crippen LogP contribution in [0.25, 0.3) is 0 Å². The van der Waals surface area contributed by atoms with Crippen LogP contribution in [-0.2, 0) is 0 Å². The van der Waals surface area contributed by atoms with Crippen molar-refractivity contribution in [2.24, 2.45) is 40.9 Å². The zero-order valence-corrected chi connectivity index (χ0v) is 14.6. The molecule has 1 nitrogen and oxygen atoms in total. The molecule has 4 aliphatic carbocycles. The Morgan fingerprint density at radius 2 is 1.73 bits per heavy atom. The summed E-state index contributed by atoms with van der Waals surface area (Å²) in [6.07, 6.45) is 12.1. The van der Waals surface area contributed by atoms with Crippen molar-refractivity contribution in [2.75, 3.05) is 0 Å². The van der Waals surface area contributed by atoms with Gasteiger partial charge >= 0.3 is 0 Å². The molecule has 0 heterocycles. The Labute approximate surface area is 136 Å². The molecule has 0 spiro atoms. The van der Waals surface area contributed by atoms with E-state index >= 15 is 0 Å². The van der Waals surface area contributed by atoms with Crippen LogP contribution in [0.4, 0.5) is 0 Å². The first-order chi connectivity index (χ1) is 10.5. The molecule has 0 radical (unpaired) electrons. The second-order valence-corrected chi connectivity index (χ2v) is 9.42. The highest BCUT2D eigenvalue weighted by molar-refractivity contribution is 5.13. The molecular weight excluding hydrogens is 268 g/mol. The lowest BCUT2D eigenvalue weighted by Crippen LogP contribution is -2.49. The Morgan fingerprint density at radius 3 is 2.50 bits per heavy atom. The normalized spacial score (nSPS) is 54.2. The fourth-order valence-electron chi connectivity index (χ4n) is 7.64. The summed E-state index contributed by atoms with van der Waals surface area (Å²) in [5.41, 5.74) is 1.99. The highest BCUT2D eigenvalue weighted by atomic mass is 16.3. The Kier molecular flexibility index (Phi) is 3.72. The van der Waals surface area contributed by atoms with Gasteiger partial charge in [0.15, 0.2) is 0 Å². The SMILES string of the molecule is C=C(C)C1CCC2C3CCC4CC(O)CCC4C3CCC12C. The van der Waals surface area contributed by atoms with E-state index in [4.69, 9.17) is 0 Å². The molecule has 4 saturated carbocycles. The van der Waals surface area contributed by atoms with Crippen LogP contribution in [0.1, 0.15) is 71.6 Å². The number of hydrogen-bond acceptors (Lipinski definition) is 1. The Balaban J connectivity index is 1.56. The molecule has 0 amide bonds. The standard InChI is InChI=1S/C21H34O/c1-13(2)19-8-9-20-18-6-4-14-12-15(22)5-7-16(14)17(18)10-11-21(19,20)3/h14-20,22H,1,4-12H2,2-3H3. The topological polar surface area (TPSA) is 20.2 Å². The zero-order chi connectivity index (χ0) is 15.5. The van der Waals surface area contributed by atoms with E-state index in [0.717, 1.165) is 48.3 Å². The number of aliphatic hydroxyl groups excluding tert-OH is 1. The van der Waals surface area contributed by atoms with E-state index in [2.05, 4.69) is 20.4 Å². The van der Waals surface area contributed by atoms with Gasteiger partial charge in [-0.1, -0.05) is 19.1 Å². The molecule has 4 aliphatic rings. The minimum atomic E-state index is 0.00549. The number of allylic oxidation sites excluding steroid dienone is 1. The molecular formula is C21H34O. The van der Waals surface area contributed by atoms with E-state index in [9.17, 15) is 5.11 Å². The van der Waals surface area contributed by atoms with Gasteiger partial charge in [-0.3, -0.25) is 0 Å². The highest BCUT2D eigenvalue weighted by Crippen LogP contribution is 2.65. The molecule has 0 bridgehead atoms. The lowest BCUT2D eigenvalue weighted by atomic mass is 9.49. The molecule has 1 heteroatoms. The first-order valence-electron chi connectivity index (χ1n) is 9.84. The summed E-state index contributed by atoms with van der Waals surface area (Å²) in [6, 6.07) is 0. The molecule has 4 rings (SSSR count). The third-order valence-electron chi connectivity index (χ3n) is 8.52. The minimum Gasteiger partial charge on any atom is -0.393 e. The van der Waals surface area contributed by atoms with Crippen molar-refractivity contribution < 1.29 is 5.11 Å². The van der Waals surface area contributed by atoms with Crippen molar-refractivity contribution in [2.45, 2.75) is 77.7 Å². The van der Waals surface area contributed by atoms with E-state index in [1.54, 1.807) is 0 Å². The average Bonchev–Trinajstić information content (AvgIpc) is 2.84. The van der Waals surface area contributed by atoms with Gasteiger partial charge in [-0.25, -0.2) is 0 Å². The summed E-state index contributed by atoms with van der Waals surface area (Å²) in [5, 5.41) is 10.0. The summed E-state index contributed by atoms with van der Waals surface area (Å²) in [4.78, 5) is 0. The van der Waals surface area contributed by atoms with Crippen LogP contribution < -0.4 is 0 Å². The summed E-state index contributed by atoms with van der Waals surface area (Å²) in [7, 11) is 0. The van der Waals surface area contributed by atoms with Crippen LogP contribution in [0.15, 0.2) is 12.2 Å². The molecule has 0 aliphatic heterocycles. The second kappa shape index (κ2) is 5.36. The van der Waals surface area contributed by atoms with Crippen molar-refractivity contribution in [3.8, 4) is 0 Å². The molecule has 0 saturated heterocycles. The molecule has 0 aromatic rings. The van der Waals surface area contributed by atoms with Crippen LogP contribution in [0, 0.1) is 40.9 Å². The fraction of sp³-hybridized carbons (Fsp3) is 0.905. The van der Waals surface area contributed by atoms with Gasteiger partial charge in [-0.15, -0.1) is 0 Å². The highest BCUT2D eigenvalue weighted by Gasteiger charge is 2.56. The van der Waals surface area contributed by atoms with Crippen molar-refractivity contribution in [1.29, 1.82) is 0 Å². The van der Waals surface area contributed by atoms with Crippen LogP contribution in [0.5, 0.6) is 0 Å². The van der Waals surface area contributed by atoms with Crippen molar-refractivity contribution in [3.05, 3.63) is 12.2 Å². The predicted octanol–water partition coefficient (Wildman–Crippen LogP) is 5.19. The van der Waals surface area contributed by atoms with Gasteiger partial charge in [0.25, 0.3) is 0 Å². The lowest BCUT2D eigenvalue weighted by Gasteiger charge is -2.56. The maximum Gasteiger partial charge on any atom is 0.0543 e. The number of fused-ring (bicyclic) bond motifs is 5. The Morgan fingerprint density at radius 1 is 0.955 bits per heavy atom. The average molecular weight is 303 g/mol. The Bertz CT molecular complexity index is 455. The van der Waals surface area contributed by atoms with E-state index in [0.29, 0.717) is 5.41 Å². The largest absolute Gasteiger partial charge is 0.393 e. The maximum absolute atomic E-state index is 10.0. The number of hydrogen-bond donors (Lipinski definition) is 1. The Hall–Kier alpha value is -0.300. The molecule has 124 valence electrons. The molecule has 0 aromatic carbocycles. The van der Waals surface area contributed by atoms with Crippen LogP contribution in [0.2, 0.25) is 0 Å². The molecule has 22 heavy (non-hydrogen) atoms. The van der Waals surface area contributed by atoms with Crippen LogP contribution in [-0.4, -0.2) is 11.2 Å². The van der Waals surface area contributed by atoms with Gasteiger partial charge in [-0.2, -0.15) is 0 Å². The summed E-state index contributed by atoms with van der Waals surface area (Å²) >= 11 is 0. The van der Waals surface area contributed by atoms with Crippen LogP contribution in [0.3, 0.4) is 0 Å². The summed E-state index contributed by atoms with van der Waals surface area (Å²) < 4.78 is 0. The van der Waals surface area contributed by atoms with E-state index in [1.807, 2.05) is 0 Å². The van der Waals surface area contributed by atoms with Gasteiger partial charge in [0.05, 0.1) is 6.10 Å². The summed E-state index contributed by atoms with van der Waals surface area (Å²) in [6.45, 7) is 9.19. The lowest BCUT2D eigenvalue weighted by molar-refractivity contribution is -0.0740. The molecule has 0 aromatic heterocycles. The van der Waals surface area contributed by atoms with Gasteiger partial charge in [0.1, 0.15) is 0 Å². The van der Waals surface area contributed by atoms with Crippen molar-refractivity contribution in [3.63, 3.8) is 0 Å². The minimum absolute atomic E-state index is 0.00549. The molecule has 1 N–H and O–H groups in total. The monoisotopic (exact) mass is 302 g/mol. The van der Waals surface area contributed by atoms with Gasteiger partial charge < -0.3 is 5.11 Å². The predicted molar refractivity (Wildman–Crippen MR) is 91.4 cm³/mol. The number of rotatable bonds is 1. The fourth-order valence-corrected chi connectivity index (χ4v) is 7.64. The molecule has 8 atom stereocenters. The maximum atomic E-state index is 10.0. The third-order valence-corrected chi connectivity index (χ3v) is 8.52. The first kappa shape index (κ1) is 15.2. The first-order valence-corrected chi connectivity index (χ1v) is 9.84. The van der Waals surface area contributed by atoms with Gasteiger partial charge in [0.2, 0.25) is 0 Å². The molecule has 8 unspecified atom stereocenters. The summed E-state index contributed by atoms with van der Waals surface area (Å²) in [5.74, 6) is 5.49. The van der Waals surface area contributed by atoms with Crippen molar-refractivity contribution >= 4 is 0 Å². The third kappa shape index (κ3) is 2.14. The van der Waals surface area contributed by atoms with E-state index in [1.165, 1.54) is 50.5 Å². The molecule has 4 fully saturated rings. The quantitative estimate of drug-likeness (QED) is 0.661. The smallest absolute Gasteiger partial charge is 0.0543 e. The number of aliphatic hydroxyl groups is 1. The zero-order valence-electron chi connectivity index (χ0n) is 14.6. The van der Waals surface area contributed by atoms with Gasteiger partial charge in [-0.05, 0) is 106 Å². The van der Waals surface area contributed by atoms with E-state index < -0.39 is 0 Å².